The van der Waals surface area contributed by atoms with Crippen LogP contribution in [0.1, 0.15) is 32.1 Å². The number of hydrogen-bond donors (Lipinski definition) is 3. The summed E-state index contributed by atoms with van der Waals surface area (Å²) >= 11 is 0. The highest BCUT2D eigenvalue weighted by atomic mass is 16.5. The second kappa shape index (κ2) is 8.06. The Kier molecular flexibility index (Phi) is 6.34. The van der Waals surface area contributed by atoms with Gasteiger partial charge in [0.1, 0.15) is 0 Å². The van der Waals surface area contributed by atoms with E-state index < -0.39 is 5.97 Å². The van der Waals surface area contributed by atoms with Crippen LogP contribution in [0.5, 0.6) is 0 Å². The predicted molar refractivity (Wildman–Crippen MR) is 65.5 cm³/mol. The summed E-state index contributed by atoms with van der Waals surface area (Å²) in [6.45, 7) is 2.28. The van der Waals surface area contributed by atoms with E-state index in [9.17, 15) is 9.59 Å². The number of aliphatic carboxylic acids is 1. The lowest BCUT2D eigenvalue weighted by molar-refractivity contribution is -0.137. The Morgan fingerprint density at radius 1 is 1.53 bits per heavy atom. The van der Waals surface area contributed by atoms with Gasteiger partial charge in [0.15, 0.2) is 6.33 Å². The molecule has 0 aliphatic heterocycles. The van der Waals surface area contributed by atoms with Crippen LogP contribution in [0.3, 0.4) is 0 Å². The standard InChI is InChI=1S/C11H18N4O4/c1-2-3-8(6-10(16)17)15-11(18)12-5-4-9-13-7-14-19-9/h7-8H,2-6H2,1H3,(H,16,17)(H2,12,15,18). The molecule has 1 atom stereocenters. The van der Waals surface area contributed by atoms with Crippen LogP contribution in [-0.2, 0) is 11.2 Å². The first kappa shape index (κ1) is 14.9. The third-order valence-corrected chi connectivity index (χ3v) is 2.42. The van der Waals surface area contributed by atoms with Gasteiger partial charge in [-0.15, -0.1) is 0 Å². The average Bonchev–Trinajstić information content (AvgIpc) is 2.81. The molecule has 1 rings (SSSR count). The fourth-order valence-electron chi connectivity index (χ4n) is 1.61. The van der Waals surface area contributed by atoms with Crippen molar-refractivity contribution in [3.8, 4) is 0 Å². The number of carboxylic acids is 1. The van der Waals surface area contributed by atoms with Gasteiger partial charge in [0, 0.05) is 19.0 Å². The predicted octanol–water partition coefficient (Wildman–Crippen LogP) is 0.555. The number of rotatable bonds is 8. The summed E-state index contributed by atoms with van der Waals surface area (Å²) in [7, 11) is 0. The van der Waals surface area contributed by atoms with Crippen LogP contribution in [0.25, 0.3) is 0 Å². The smallest absolute Gasteiger partial charge is 0.315 e. The van der Waals surface area contributed by atoms with Crippen molar-refractivity contribution >= 4 is 12.0 Å². The van der Waals surface area contributed by atoms with Crippen LogP contribution in [0.15, 0.2) is 10.9 Å². The number of hydrogen-bond acceptors (Lipinski definition) is 5. The molecular formula is C11H18N4O4. The van der Waals surface area contributed by atoms with Gasteiger partial charge in [0.25, 0.3) is 0 Å². The molecule has 19 heavy (non-hydrogen) atoms. The lowest BCUT2D eigenvalue weighted by atomic mass is 10.1. The van der Waals surface area contributed by atoms with Crippen LogP contribution in [-0.4, -0.2) is 39.8 Å². The molecule has 0 saturated heterocycles. The Morgan fingerprint density at radius 3 is 2.89 bits per heavy atom. The Balaban J connectivity index is 2.25. The van der Waals surface area contributed by atoms with Crippen LogP contribution in [0.4, 0.5) is 4.79 Å². The summed E-state index contributed by atoms with van der Waals surface area (Å²) in [6.07, 6.45) is 3.08. The maximum Gasteiger partial charge on any atom is 0.315 e. The quantitative estimate of drug-likeness (QED) is 0.635. The molecule has 2 amide bonds. The van der Waals surface area contributed by atoms with E-state index in [4.69, 9.17) is 9.63 Å². The molecule has 0 bridgehead atoms. The number of nitrogens with one attached hydrogen (secondary N) is 2. The molecule has 1 unspecified atom stereocenters. The summed E-state index contributed by atoms with van der Waals surface area (Å²) < 4.78 is 4.78. The summed E-state index contributed by atoms with van der Waals surface area (Å²) in [6, 6.07) is -0.745. The zero-order valence-corrected chi connectivity index (χ0v) is 10.8. The van der Waals surface area contributed by atoms with Gasteiger partial charge in [-0.1, -0.05) is 18.5 Å². The highest BCUT2D eigenvalue weighted by Gasteiger charge is 2.14. The van der Waals surface area contributed by atoms with Crippen molar-refractivity contribution in [3.05, 3.63) is 12.2 Å². The number of amides is 2. The molecule has 0 radical (unpaired) electrons. The first-order valence-electron chi connectivity index (χ1n) is 6.13. The van der Waals surface area contributed by atoms with Crippen molar-refractivity contribution in [2.24, 2.45) is 0 Å². The maximum atomic E-state index is 11.6. The molecule has 0 aliphatic rings. The molecule has 106 valence electrons. The second-order valence-corrected chi connectivity index (χ2v) is 4.07. The van der Waals surface area contributed by atoms with Crippen molar-refractivity contribution in [1.82, 2.24) is 20.8 Å². The van der Waals surface area contributed by atoms with E-state index >= 15 is 0 Å². The largest absolute Gasteiger partial charge is 0.481 e. The van der Waals surface area contributed by atoms with Gasteiger partial charge < -0.3 is 20.3 Å². The Bertz CT molecular complexity index is 393. The van der Waals surface area contributed by atoms with Gasteiger partial charge in [0.05, 0.1) is 6.42 Å². The minimum Gasteiger partial charge on any atom is -0.481 e. The number of nitrogens with zero attached hydrogens (tertiary/aromatic N) is 2. The van der Waals surface area contributed by atoms with Crippen molar-refractivity contribution in [2.75, 3.05) is 6.54 Å². The molecule has 0 aromatic carbocycles. The van der Waals surface area contributed by atoms with Crippen molar-refractivity contribution in [3.63, 3.8) is 0 Å². The van der Waals surface area contributed by atoms with Crippen LogP contribution >= 0.6 is 0 Å². The fraction of sp³-hybridized carbons (Fsp3) is 0.636. The highest BCUT2D eigenvalue weighted by Crippen LogP contribution is 2.01. The summed E-state index contributed by atoms with van der Waals surface area (Å²) in [5.41, 5.74) is 0. The van der Waals surface area contributed by atoms with Crippen LogP contribution < -0.4 is 10.6 Å². The number of carbonyl (C=O) groups is 2. The lowest BCUT2D eigenvalue weighted by Crippen LogP contribution is -2.43. The molecule has 1 aromatic heterocycles. The molecule has 1 heterocycles. The number of urea groups is 1. The first-order chi connectivity index (χ1) is 9.11. The molecular weight excluding hydrogens is 252 g/mol. The number of carboxylic acid groups (broad SMARTS) is 1. The second-order valence-electron chi connectivity index (χ2n) is 4.07. The Labute approximate surface area is 110 Å². The Morgan fingerprint density at radius 2 is 2.32 bits per heavy atom. The molecule has 1 aromatic rings. The van der Waals surface area contributed by atoms with Crippen molar-refractivity contribution < 1.29 is 19.2 Å². The van der Waals surface area contributed by atoms with Gasteiger partial charge in [-0.2, -0.15) is 4.98 Å². The molecule has 8 nitrogen and oxygen atoms in total. The zero-order valence-electron chi connectivity index (χ0n) is 10.8. The SMILES string of the molecule is CCCC(CC(=O)O)NC(=O)NCCc1ncno1. The van der Waals surface area contributed by atoms with Gasteiger partial charge >= 0.3 is 12.0 Å². The molecule has 0 spiro atoms. The third kappa shape index (κ3) is 6.39. The van der Waals surface area contributed by atoms with E-state index in [0.29, 0.717) is 25.3 Å². The van der Waals surface area contributed by atoms with Gasteiger partial charge in [0.2, 0.25) is 5.89 Å². The van der Waals surface area contributed by atoms with E-state index in [1.54, 1.807) is 0 Å². The fourth-order valence-corrected chi connectivity index (χ4v) is 1.61. The van der Waals surface area contributed by atoms with E-state index in [1.165, 1.54) is 6.33 Å². The topological polar surface area (TPSA) is 117 Å². The normalized spacial score (nSPS) is 11.8. The van der Waals surface area contributed by atoms with E-state index in [-0.39, 0.29) is 18.5 Å². The minimum atomic E-state index is -0.926. The molecule has 0 fully saturated rings. The summed E-state index contributed by atoms with van der Waals surface area (Å²) in [5, 5.41) is 17.4. The van der Waals surface area contributed by atoms with Gasteiger partial charge in [-0.3, -0.25) is 4.79 Å². The van der Waals surface area contributed by atoms with Crippen molar-refractivity contribution in [2.45, 2.75) is 38.6 Å². The lowest BCUT2D eigenvalue weighted by Gasteiger charge is -2.16. The van der Waals surface area contributed by atoms with Gasteiger partial charge in [-0.05, 0) is 6.42 Å². The first-order valence-corrected chi connectivity index (χ1v) is 6.13. The van der Waals surface area contributed by atoms with E-state index in [0.717, 1.165) is 6.42 Å². The highest BCUT2D eigenvalue weighted by molar-refractivity contribution is 5.75. The number of aromatic nitrogens is 2. The monoisotopic (exact) mass is 270 g/mol. The van der Waals surface area contributed by atoms with Crippen LogP contribution in [0, 0.1) is 0 Å². The summed E-state index contributed by atoms with van der Waals surface area (Å²) in [4.78, 5) is 26.0. The van der Waals surface area contributed by atoms with Crippen LogP contribution in [0.2, 0.25) is 0 Å². The molecule has 0 aliphatic carbocycles. The Hall–Kier alpha value is -2.12. The third-order valence-electron chi connectivity index (χ3n) is 2.42. The zero-order chi connectivity index (χ0) is 14.1. The minimum absolute atomic E-state index is 0.0785. The molecule has 3 N–H and O–H groups in total. The average molecular weight is 270 g/mol. The number of carbonyl (C=O) groups excluding carboxylic acids is 1. The van der Waals surface area contributed by atoms with E-state index in [1.807, 2.05) is 6.92 Å². The van der Waals surface area contributed by atoms with E-state index in [2.05, 4.69) is 20.8 Å². The van der Waals surface area contributed by atoms with Gasteiger partial charge in [-0.25, -0.2) is 4.79 Å². The maximum absolute atomic E-state index is 11.6. The molecule has 0 saturated carbocycles. The summed E-state index contributed by atoms with van der Waals surface area (Å²) in [5.74, 6) is -0.486. The molecule has 8 heteroatoms. The van der Waals surface area contributed by atoms with Crippen molar-refractivity contribution in [1.29, 1.82) is 0 Å².